The van der Waals surface area contributed by atoms with E-state index < -0.39 is 0 Å². The maximum atomic E-state index is 6.05. The fourth-order valence-electron chi connectivity index (χ4n) is 3.26. The van der Waals surface area contributed by atoms with Crippen LogP contribution >= 0.6 is 11.6 Å². The smallest absolute Gasteiger partial charge is 0.0556 e. The van der Waals surface area contributed by atoms with Crippen LogP contribution in [0, 0.1) is 0 Å². The third kappa shape index (κ3) is 8.38. The molecule has 1 aromatic heterocycles. The van der Waals surface area contributed by atoms with E-state index in [0.717, 1.165) is 61.7 Å². The van der Waals surface area contributed by atoms with E-state index in [2.05, 4.69) is 44.9 Å². The van der Waals surface area contributed by atoms with Gasteiger partial charge in [0.15, 0.2) is 0 Å². The van der Waals surface area contributed by atoms with Crippen molar-refractivity contribution in [2.45, 2.75) is 45.4 Å². The number of benzene rings is 1. The molecule has 4 nitrogen and oxygen atoms in total. The van der Waals surface area contributed by atoms with Crippen molar-refractivity contribution >= 4 is 17.8 Å². The van der Waals surface area contributed by atoms with Crippen LogP contribution in [0.5, 0.6) is 0 Å². The van der Waals surface area contributed by atoms with Gasteiger partial charge in [-0.05, 0) is 68.6 Å². The molecule has 156 valence electrons. The molecule has 5 heteroatoms. The van der Waals surface area contributed by atoms with Gasteiger partial charge in [-0.25, -0.2) is 0 Å². The number of rotatable bonds is 10. The van der Waals surface area contributed by atoms with Crippen LogP contribution in [-0.4, -0.2) is 30.8 Å². The second-order valence-electron chi connectivity index (χ2n) is 6.71. The summed E-state index contributed by atoms with van der Waals surface area (Å²) in [5.41, 5.74) is 3.52. The van der Waals surface area contributed by atoms with Gasteiger partial charge in [0.1, 0.15) is 0 Å². The molecule has 0 spiro atoms. The number of hydrogen-bond acceptors (Lipinski definition) is 4. The summed E-state index contributed by atoms with van der Waals surface area (Å²) in [5, 5.41) is 7.55. The van der Waals surface area contributed by atoms with Gasteiger partial charge < -0.3 is 10.6 Å². The Hall–Kier alpha value is -2.17. The van der Waals surface area contributed by atoms with E-state index in [4.69, 9.17) is 11.6 Å². The average Bonchev–Trinajstić information content (AvgIpc) is 2.79. The van der Waals surface area contributed by atoms with Gasteiger partial charge in [-0.2, -0.15) is 0 Å². The van der Waals surface area contributed by atoms with Crippen molar-refractivity contribution in [3.8, 4) is 0 Å². The van der Waals surface area contributed by atoms with Crippen LogP contribution in [0.15, 0.2) is 65.6 Å². The van der Waals surface area contributed by atoms with Crippen molar-refractivity contribution in [1.29, 1.82) is 0 Å². The van der Waals surface area contributed by atoms with Crippen molar-refractivity contribution in [2.24, 2.45) is 4.99 Å². The standard InChI is InChI=1S/C22H27ClN4.C2H6/c23-19-9-7-18(8-10-19)21(22-6-2-4-13-27-22)11-14-24-12-3-1-5-20-17-25-15-16-26-20;1-2/h2,4,6-10,13,16-17,21,24-25H,1,3,5,11-12,14-15H2;1-2H3. The lowest BCUT2D eigenvalue weighted by Gasteiger charge is -2.17. The predicted octanol–water partition coefficient (Wildman–Crippen LogP) is 5.56. The zero-order chi connectivity index (χ0) is 20.7. The van der Waals surface area contributed by atoms with Gasteiger partial charge in [-0.3, -0.25) is 9.98 Å². The normalized spacial score (nSPS) is 13.7. The minimum atomic E-state index is 0.281. The number of halogens is 1. The molecule has 2 N–H and O–H groups in total. The number of hydrogen-bond donors (Lipinski definition) is 2. The minimum absolute atomic E-state index is 0.281. The summed E-state index contributed by atoms with van der Waals surface area (Å²) in [6.45, 7) is 6.84. The number of allylic oxidation sites excluding steroid dienone is 1. The SMILES string of the molecule is CC.Clc1ccc(C(CCNCCCCC2=CNCC=N2)c2ccccn2)cc1. The summed E-state index contributed by atoms with van der Waals surface area (Å²) in [6, 6.07) is 14.2. The van der Waals surface area contributed by atoms with Crippen LogP contribution in [0.3, 0.4) is 0 Å². The molecule has 1 unspecified atom stereocenters. The van der Waals surface area contributed by atoms with Crippen LogP contribution < -0.4 is 10.6 Å². The molecule has 0 saturated heterocycles. The topological polar surface area (TPSA) is 49.3 Å². The van der Waals surface area contributed by atoms with Gasteiger partial charge in [0.2, 0.25) is 0 Å². The molecule has 2 aromatic rings. The number of aliphatic imine (C=N–C) groups is 1. The molecule has 0 amide bonds. The summed E-state index contributed by atoms with van der Waals surface area (Å²) in [6.07, 6.45) is 10.2. The van der Waals surface area contributed by atoms with E-state index in [9.17, 15) is 0 Å². The van der Waals surface area contributed by atoms with Crippen molar-refractivity contribution in [3.05, 3.63) is 76.8 Å². The van der Waals surface area contributed by atoms with E-state index in [1.807, 2.05) is 50.7 Å². The molecule has 0 bridgehead atoms. The fourth-order valence-corrected chi connectivity index (χ4v) is 3.38. The molecule has 1 aliphatic rings. The Bertz CT molecular complexity index is 741. The van der Waals surface area contributed by atoms with E-state index in [0.29, 0.717) is 0 Å². The Balaban J connectivity index is 0.00000145. The molecule has 1 atom stereocenters. The Kier molecular flexibility index (Phi) is 11.1. The van der Waals surface area contributed by atoms with Crippen molar-refractivity contribution in [3.63, 3.8) is 0 Å². The van der Waals surface area contributed by atoms with Crippen LogP contribution in [0.4, 0.5) is 0 Å². The molecular formula is C24H33ClN4. The summed E-state index contributed by atoms with van der Waals surface area (Å²) in [4.78, 5) is 8.97. The third-order valence-electron chi connectivity index (χ3n) is 4.70. The molecule has 3 rings (SSSR count). The summed E-state index contributed by atoms with van der Waals surface area (Å²) >= 11 is 6.05. The van der Waals surface area contributed by atoms with Crippen LogP contribution in [-0.2, 0) is 0 Å². The zero-order valence-electron chi connectivity index (χ0n) is 17.6. The second kappa shape index (κ2) is 13.9. The van der Waals surface area contributed by atoms with Gasteiger partial charge in [0, 0.05) is 41.8 Å². The quantitative estimate of drug-likeness (QED) is 0.502. The number of aromatic nitrogens is 1. The lowest BCUT2D eigenvalue weighted by Crippen LogP contribution is -2.20. The first kappa shape index (κ1) is 23.1. The molecule has 0 saturated carbocycles. The Morgan fingerprint density at radius 1 is 1.07 bits per heavy atom. The second-order valence-corrected chi connectivity index (χ2v) is 7.15. The Labute approximate surface area is 180 Å². The molecule has 1 aliphatic heterocycles. The predicted molar refractivity (Wildman–Crippen MR) is 125 cm³/mol. The number of nitrogens with zero attached hydrogens (tertiary/aromatic N) is 2. The molecule has 0 aliphatic carbocycles. The first-order chi connectivity index (χ1) is 14.3. The molecule has 1 aromatic carbocycles. The highest BCUT2D eigenvalue weighted by Crippen LogP contribution is 2.27. The van der Waals surface area contributed by atoms with Crippen LogP contribution in [0.2, 0.25) is 5.02 Å². The number of unbranched alkanes of at least 4 members (excludes halogenated alkanes) is 1. The highest BCUT2D eigenvalue weighted by molar-refractivity contribution is 6.30. The molecule has 2 heterocycles. The maximum absolute atomic E-state index is 6.05. The van der Waals surface area contributed by atoms with Gasteiger partial charge in [-0.1, -0.05) is 43.6 Å². The Morgan fingerprint density at radius 2 is 1.90 bits per heavy atom. The summed E-state index contributed by atoms with van der Waals surface area (Å²) in [7, 11) is 0. The summed E-state index contributed by atoms with van der Waals surface area (Å²) < 4.78 is 0. The lowest BCUT2D eigenvalue weighted by molar-refractivity contribution is 0.576. The fraction of sp³-hybridized carbons (Fsp3) is 0.417. The highest BCUT2D eigenvalue weighted by Gasteiger charge is 2.15. The van der Waals surface area contributed by atoms with Crippen LogP contribution in [0.25, 0.3) is 0 Å². The van der Waals surface area contributed by atoms with Gasteiger partial charge in [0.05, 0.1) is 5.70 Å². The first-order valence-electron chi connectivity index (χ1n) is 10.6. The lowest BCUT2D eigenvalue weighted by atomic mass is 9.92. The van der Waals surface area contributed by atoms with Crippen molar-refractivity contribution in [2.75, 3.05) is 19.6 Å². The minimum Gasteiger partial charge on any atom is -0.384 e. The molecule has 0 fully saturated rings. The largest absolute Gasteiger partial charge is 0.384 e. The summed E-state index contributed by atoms with van der Waals surface area (Å²) in [5.74, 6) is 0.281. The van der Waals surface area contributed by atoms with Crippen molar-refractivity contribution in [1.82, 2.24) is 15.6 Å². The molecular weight excluding hydrogens is 380 g/mol. The number of pyridine rings is 1. The maximum Gasteiger partial charge on any atom is 0.0556 e. The highest BCUT2D eigenvalue weighted by atomic mass is 35.5. The first-order valence-corrected chi connectivity index (χ1v) is 11.0. The third-order valence-corrected chi connectivity index (χ3v) is 4.95. The monoisotopic (exact) mass is 412 g/mol. The molecule has 0 radical (unpaired) electrons. The van der Waals surface area contributed by atoms with E-state index >= 15 is 0 Å². The zero-order valence-corrected chi connectivity index (χ0v) is 18.3. The van der Waals surface area contributed by atoms with Gasteiger partial charge in [-0.15, -0.1) is 0 Å². The molecule has 29 heavy (non-hydrogen) atoms. The van der Waals surface area contributed by atoms with Gasteiger partial charge >= 0.3 is 0 Å². The van der Waals surface area contributed by atoms with Crippen LogP contribution in [0.1, 0.15) is 56.7 Å². The average molecular weight is 413 g/mol. The van der Waals surface area contributed by atoms with E-state index in [-0.39, 0.29) is 5.92 Å². The van der Waals surface area contributed by atoms with Gasteiger partial charge in [0.25, 0.3) is 0 Å². The number of nitrogens with one attached hydrogen (secondary N) is 2. The van der Waals surface area contributed by atoms with E-state index in [1.54, 1.807) is 0 Å². The Morgan fingerprint density at radius 3 is 2.59 bits per heavy atom. The van der Waals surface area contributed by atoms with Crippen molar-refractivity contribution < 1.29 is 0 Å². The van der Waals surface area contributed by atoms with E-state index in [1.165, 1.54) is 5.56 Å².